The molecule has 3 rings (SSSR count). The van der Waals surface area contributed by atoms with Crippen LogP contribution in [-0.2, 0) is 4.79 Å². The summed E-state index contributed by atoms with van der Waals surface area (Å²) in [5, 5.41) is 3.66. The second kappa shape index (κ2) is 3.98. The zero-order valence-corrected chi connectivity index (χ0v) is 11.0. The third kappa shape index (κ3) is 1.88. The van der Waals surface area contributed by atoms with Crippen molar-refractivity contribution in [2.24, 2.45) is 11.8 Å². The van der Waals surface area contributed by atoms with Gasteiger partial charge in [-0.2, -0.15) is 0 Å². The first-order valence-corrected chi connectivity index (χ1v) is 7.21. The standard InChI is InChI=1S/C14H24N2O/c1-10(2)9-16-12(11-5-3-4-6-11)15-14(7-8-14)13(16)17/h10-12,15H,3-9H2,1-2H3. The summed E-state index contributed by atoms with van der Waals surface area (Å²) in [4.78, 5) is 14.6. The Kier molecular flexibility index (Phi) is 2.69. The Hall–Kier alpha value is -0.570. The zero-order valence-electron chi connectivity index (χ0n) is 11.0. The summed E-state index contributed by atoms with van der Waals surface area (Å²) < 4.78 is 0. The van der Waals surface area contributed by atoms with Gasteiger partial charge in [-0.3, -0.25) is 10.1 Å². The summed E-state index contributed by atoms with van der Waals surface area (Å²) >= 11 is 0. The van der Waals surface area contributed by atoms with Crippen molar-refractivity contribution in [3.8, 4) is 0 Å². The average molecular weight is 236 g/mol. The molecule has 0 aromatic rings. The third-order valence-corrected chi connectivity index (χ3v) is 4.59. The van der Waals surface area contributed by atoms with Crippen molar-refractivity contribution < 1.29 is 4.79 Å². The highest BCUT2D eigenvalue weighted by Crippen LogP contribution is 2.45. The van der Waals surface area contributed by atoms with Crippen molar-refractivity contribution >= 4 is 5.91 Å². The summed E-state index contributed by atoms with van der Waals surface area (Å²) in [5.74, 6) is 1.67. The molecule has 17 heavy (non-hydrogen) atoms. The van der Waals surface area contributed by atoms with Gasteiger partial charge in [0.15, 0.2) is 0 Å². The van der Waals surface area contributed by atoms with E-state index in [-0.39, 0.29) is 5.54 Å². The van der Waals surface area contributed by atoms with E-state index < -0.39 is 0 Å². The molecule has 2 saturated carbocycles. The van der Waals surface area contributed by atoms with Crippen LogP contribution in [0.4, 0.5) is 0 Å². The molecule has 3 heteroatoms. The maximum Gasteiger partial charge on any atom is 0.244 e. The first-order valence-electron chi connectivity index (χ1n) is 7.21. The van der Waals surface area contributed by atoms with Crippen LogP contribution in [0.1, 0.15) is 52.4 Å². The molecule has 0 radical (unpaired) electrons. The predicted molar refractivity (Wildman–Crippen MR) is 67.4 cm³/mol. The fourth-order valence-electron chi connectivity index (χ4n) is 3.54. The number of carbonyl (C=O) groups excluding carboxylic acids is 1. The average Bonchev–Trinajstić information content (AvgIpc) is 2.76. The molecule has 0 aromatic heterocycles. The molecule has 0 aromatic carbocycles. The van der Waals surface area contributed by atoms with Gasteiger partial charge in [0.2, 0.25) is 5.91 Å². The molecule has 3 fully saturated rings. The topological polar surface area (TPSA) is 32.3 Å². The van der Waals surface area contributed by atoms with Gasteiger partial charge in [-0.05, 0) is 37.5 Å². The highest BCUT2D eigenvalue weighted by Gasteiger charge is 2.60. The maximum absolute atomic E-state index is 12.5. The number of hydrogen-bond acceptors (Lipinski definition) is 2. The molecule has 1 N–H and O–H groups in total. The lowest BCUT2D eigenvalue weighted by atomic mass is 10.0. The maximum atomic E-state index is 12.5. The van der Waals surface area contributed by atoms with E-state index in [9.17, 15) is 4.79 Å². The predicted octanol–water partition coefficient (Wildman–Crippen LogP) is 2.12. The number of amides is 1. The summed E-state index contributed by atoms with van der Waals surface area (Å²) in [5.41, 5.74) is -0.123. The van der Waals surface area contributed by atoms with E-state index in [0.717, 1.165) is 19.4 Å². The number of hydrogen-bond donors (Lipinski definition) is 1. The summed E-state index contributed by atoms with van der Waals surface area (Å²) in [6.07, 6.45) is 7.76. The number of nitrogens with zero attached hydrogens (tertiary/aromatic N) is 1. The van der Waals surface area contributed by atoms with Gasteiger partial charge in [-0.1, -0.05) is 26.7 Å². The van der Waals surface area contributed by atoms with Crippen LogP contribution >= 0.6 is 0 Å². The minimum Gasteiger partial charge on any atom is -0.325 e. The van der Waals surface area contributed by atoms with Crippen molar-refractivity contribution in [3.05, 3.63) is 0 Å². The first-order chi connectivity index (χ1) is 8.12. The largest absolute Gasteiger partial charge is 0.325 e. The van der Waals surface area contributed by atoms with E-state index in [1.54, 1.807) is 0 Å². The molecule has 1 heterocycles. The molecular formula is C14H24N2O. The Morgan fingerprint density at radius 1 is 1.35 bits per heavy atom. The van der Waals surface area contributed by atoms with Crippen LogP contribution in [-0.4, -0.2) is 29.1 Å². The van der Waals surface area contributed by atoms with Crippen LogP contribution in [0, 0.1) is 11.8 Å². The lowest BCUT2D eigenvalue weighted by Crippen LogP contribution is -2.44. The SMILES string of the molecule is CC(C)CN1C(=O)C2(CC2)NC1C1CCCC1. The molecule has 1 amide bonds. The van der Waals surface area contributed by atoms with Crippen LogP contribution in [0.5, 0.6) is 0 Å². The summed E-state index contributed by atoms with van der Waals surface area (Å²) in [6, 6.07) is 0. The van der Waals surface area contributed by atoms with Gasteiger partial charge in [0, 0.05) is 6.54 Å². The van der Waals surface area contributed by atoms with Gasteiger partial charge in [0.25, 0.3) is 0 Å². The molecule has 2 aliphatic carbocycles. The molecule has 0 bridgehead atoms. The summed E-state index contributed by atoms with van der Waals surface area (Å²) in [6.45, 7) is 5.34. The van der Waals surface area contributed by atoms with E-state index in [2.05, 4.69) is 24.1 Å². The van der Waals surface area contributed by atoms with Crippen molar-refractivity contribution in [1.29, 1.82) is 0 Å². The molecule has 3 nitrogen and oxygen atoms in total. The van der Waals surface area contributed by atoms with Gasteiger partial charge >= 0.3 is 0 Å². The van der Waals surface area contributed by atoms with Crippen molar-refractivity contribution in [2.75, 3.05) is 6.54 Å². The molecule has 3 aliphatic rings. The molecule has 96 valence electrons. The fraction of sp³-hybridized carbons (Fsp3) is 0.929. The van der Waals surface area contributed by atoms with Gasteiger partial charge in [0.05, 0.1) is 11.7 Å². The van der Waals surface area contributed by atoms with Crippen LogP contribution in [0.3, 0.4) is 0 Å². The normalized spacial score (nSPS) is 32.1. The Balaban J connectivity index is 1.77. The van der Waals surface area contributed by atoms with Gasteiger partial charge < -0.3 is 4.90 Å². The minimum atomic E-state index is -0.123. The van der Waals surface area contributed by atoms with E-state index in [0.29, 0.717) is 23.9 Å². The molecule has 1 saturated heterocycles. The third-order valence-electron chi connectivity index (χ3n) is 4.59. The number of nitrogens with one attached hydrogen (secondary N) is 1. The fourth-order valence-corrected chi connectivity index (χ4v) is 3.54. The lowest BCUT2D eigenvalue weighted by molar-refractivity contribution is -0.131. The van der Waals surface area contributed by atoms with Gasteiger partial charge in [-0.25, -0.2) is 0 Å². The first kappa shape index (κ1) is 11.5. The molecule has 1 spiro atoms. The minimum absolute atomic E-state index is 0.123. The van der Waals surface area contributed by atoms with Crippen LogP contribution in [0.25, 0.3) is 0 Å². The van der Waals surface area contributed by atoms with Crippen molar-refractivity contribution in [2.45, 2.75) is 64.1 Å². The van der Waals surface area contributed by atoms with Crippen molar-refractivity contribution in [1.82, 2.24) is 10.2 Å². The number of carbonyl (C=O) groups is 1. The van der Waals surface area contributed by atoms with E-state index >= 15 is 0 Å². The zero-order chi connectivity index (χ0) is 12.0. The Morgan fingerprint density at radius 2 is 2.00 bits per heavy atom. The quantitative estimate of drug-likeness (QED) is 0.814. The second-order valence-electron chi connectivity index (χ2n) is 6.57. The lowest BCUT2D eigenvalue weighted by Gasteiger charge is -2.30. The van der Waals surface area contributed by atoms with Crippen LogP contribution < -0.4 is 5.32 Å². The highest BCUT2D eigenvalue weighted by molar-refractivity contribution is 5.91. The molecule has 1 atom stereocenters. The highest BCUT2D eigenvalue weighted by atomic mass is 16.2. The van der Waals surface area contributed by atoms with E-state index in [1.807, 2.05) is 0 Å². The second-order valence-corrected chi connectivity index (χ2v) is 6.57. The Labute approximate surface area is 104 Å². The van der Waals surface area contributed by atoms with E-state index in [4.69, 9.17) is 0 Å². The Morgan fingerprint density at radius 3 is 2.53 bits per heavy atom. The molecular weight excluding hydrogens is 212 g/mol. The molecule has 1 unspecified atom stereocenters. The smallest absolute Gasteiger partial charge is 0.244 e. The summed E-state index contributed by atoms with van der Waals surface area (Å²) in [7, 11) is 0. The molecule has 1 aliphatic heterocycles. The van der Waals surface area contributed by atoms with Crippen LogP contribution in [0.2, 0.25) is 0 Å². The van der Waals surface area contributed by atoms with Gasteiger partial charge in [-0.15, -0.1) is 0 Å². The van der Waals surface area contributed by atoms with Crippen molar-refractivity contribution in [3.63, 3.8) is 0 Å². The van der Waals surface area contributed by atoms with Gasteiger partial charge in [0.1, 0.15) is 0 Å². The monoisotopic (exact) mass is 236 g/mol. The van der Waals surface area contributed by atoms with E-state index in [1.165, 1.54) is 25.7 Å². The number of rotatable bonds is 3. The Bertz CT molecular complexity index is 316. The van der Waals surface area contributed by atoms with Crippen LogP contribution in [0.15, 0.2) is 0 Å².